The van der Waals surface area contributed by atoms with Crippen LogP contribution in [0.1, 0.15) is 36.0 Å². The van der Waals surface area contributed by atoms with Gasteiger partial charge in [0.2, 0.25) is 5.89 Å². The summed E-state index contributed by atoms with van der Waals surface area (Å²) < 4.78 is 11.2. The average Bonchev–Trinajstić information content (AvgIpc) is 3.19. The van der Waals surface area contributed by atoms with Crippen LogP contribution in [0.4, 0.5) is 0 Å². The number of nitrogens with one attached hydrogen (secondary N) is 2. The van der Waals surface area contributed by atoms with Crippen molar-refractivity contribution in [1.82, 2.24) is 15.5 Å². The van der Waals surface area contributed by atoms with Crippen molar-refractivity contribution < 1.29 is 13.9 Å². The molecule has 7 heteroatoms. The highest BCUT2D eigenvalue weighted by atomic mass is 32.1. The molecule has 1 aromatic heterocycles. The van der Waals surface area contributed by atoms with E-state index >= 15 is 0 Å². The van der Waals surface area contributed by atoms with Crippen molar-refractivity contribution >= 4 is 18.1 Å². The van der Waals surface area contributed by atoms with Crippen molar-refractivity contribution in [2.75, 3.05) is 6.61 Å². The van der Waals surface area contributed by atoms with Crippen LogP contribution in [0.5, 0.6) is 0 Å². The molecule has 6 nitrogen and oxygen atoms in total. The summed E-state index contributed by atoms with van der Waals surface area (Å²) in [7, 11) is 0. The second-order valence-electron chi connectivity index (χ2n) is 7.28. The average molecular weight is 357 g/mol. The number of rotatable bonds is 3. The molecule has 2 aromatic rings. The molecule has 3 fully saturated rings. The van der Waals surface area contributed by atoms with Crippen LogP contribution >= 0.6 is 12.2 Å². The molecule has 1 amide bonds. The molecule has 5 rings (SSSR count). The highest BCUT2D eigenvalue weighted by molar-refractivity contribution is 7.71. The molecule has 1 aromatic carbocycles. The fourth-order valence-electron chi connectivity index (χ4n) is 4.80. The van der Waals surface area contributed by atoms with Crippen molar-refractivity contribution in [2.24, 2.45) is 11.3 Å². The van der Waals surface area contributed by atoms with E-state index in [1.807, 2.05) is 12.1 Å². The summed E-state index contributed by atoms with van der Waals surface area (Å²) in [6.45, 7) is 0.830. The Kier molecular flexibility index (Phi) is 3.36. The molecule has 1 spiro atoms. The molecular formula is C18H19N3O3S. The van der Waals surface area contributed by atoms with Crippen molar-refractivity contribution in [1.29, 1.82) is 0 Å². The molecule has 3 unspecified atom stereocenters. The number of carbonyl (C=O) groups excluding carboxylic acids is 1. The van der Waals surface area contributed by atoms with E-state index in [9.17, 15) is 4.79 Å². The molecule has 130 valence electrons. The first kappa shape index (κ1) is 15.3. The van der Waals surface area contributed by atoms with Gasteiger partial charge in [0.15, 0.2) is 0 Å². The molecule has 2 heterocycles. The number of fused-ring (bicyclic) bond motifs is 2. The van der Waals surface area contributed by atoms with Crippen LogP contribution in [0.2, 0.25) is 0 Å². The quantitative estimate of drug-likeness (QED) is 0.825. The Balaban J connectivity index is 1.32. The Morgan fingerprint density at radius 2 is 2.12 bits per heavy atom. The summed E-state index contributed by atoms with van der Waals surface area (Å²) in [4.78, 5) is 12.9. The summed E-state index contributed by atoms with van der Waals surface area (Å²) in [5.74, 6) is 0.892. The molecule has 2 aliphatic carbocycles. The lowest BCUT2D eigenvalue weighted by atomic mass is 9.46. The lowest BCUT2D eigenvalue weighted by Gasteiger charge is -2.63. The summed E-state index contributed by atoms with van der Waals surface area (Å²) in [6.07, 6.45) is 5.00. The Bertz CT molecular complexity index is 868. The van der Waals surface area contributed by atoms with E-state index in [-0.39, 0.29) is 22.2 Å². The predicted octanol–water partition coefficient (Wildman–Crippen LogP) is 3.09. The van der Waals surface area contributed by atoms with Crippen LogP contribution in [-0.4, -0.2) is 34.9 Å². The third-order valence-electron chi connectivity index (χ3n) is 6.15. The van der Waals surface area contributed by atoms with E-state index in [1.165, 1.54) is 19.3 Å². The monoisotopic (exact) mass is 357 g/mol. The van der Waals surface area contributed by atoms with Gasteiger partial charge in [0.05, 0.1) is 6.10 Å². The minimum absolute atomic E-state index is 0.0175. The minimum atomic E-state index is -0.0175. The molecule has 1 saturated heterocycles. The van der Waals surface area contributed by atoms with Crippen molar-refractivity contribution in [3.63, 3.8) is 0 Å². The SMILES string of the molecule is O=C(NC1C2CCOC2C12CCC2)c1ccc(-c2n[nH]c(=S)o2)cc1. The van der Waals surface area contributed by atoms with Gasteiger partial charge in [-0.2, -0.15) is 0 Å². The number of ether oxygens (including phenoxy) is 1. The topological polar surface area (TPSA) is 80.1 Å². The van der Waals surface area contributed by atoms with E-state index in [2.05, 4.69) is 15.5 Å². The van der Waals surface area contributed by atoms with Gasteiger partial charge < -0.3 is 14.5 Å². The summed E-state index contributed by atoms with van der Waals surface area (Å²) in [5.41, 5.74) is 1.63. The highest BCUT2D eigenvalue weighted by Gasteiger charge is 2.66. The third kappa shape index (κ3) is 2.22. The molecule has 0 bridgehead atoms. The maximum Gasteiger partial charge on any atom is 0.284 e. The number of H-pyrrole nitrogens is 1. The predicted molar refractivity (Wildman–Crippen MR) is 92.5 cm³/mol. The van der Waals surface area contributed by atoms with Gasteiger partial charge in [-0.3, -0.25) is 4.79 Å². The van der Waals surface area contributed by atoms with Crippen LogP contribution in [0.15, 0.2) is 28.7 Å². The standard InChI is InChI=1S/C18H19N3O3S/c22-15(10-2-4-11(5-3-10)16-20-21-17(25)24-16)19-13-12-6-9-23-14(12)18(13)7-1-8-18/h2-5,12-14H,1,6-9H2,(H,19,22)(H,21,25). The Morgan fingerprint density at radius 1 is 1.32 bits per heavy atom. The van der Waals surface area contributed by atoms with Crippen molar-refractivity contribution in [3.8, 4) is 11.5 Å². The van der Waals surface area contributed by atoms with Gasteiger partial charge in [-0.05, 0) is 55.7 Å². The van der Waals surface area contributed by atoms with Gasteiger partial charge in [-0.15, -0.1) is 5.10 Å². The first-order valence-corrected chi connectivity index (χ1v) is 9.17. The number of amides is 1. The first-order chi connectivity index (χ1) is 12.2. The van der Waals surface area contributed by atoms with Gasteiger partial charge in [-0.1, -0.05) is 6.42 Å². The van der Waals surface area contributed by atoms with E-state index < -0.39 is 0 Å². The van der Waals surface area contributed by atoms with Gasteiger partial charge >= 0.3 is 0 Å². The number of benzene rings is 1. The Morgan fingerprint density at radius 3 is 2.76 bits per heavy atom. The second kappa shape index (κ2) is 5.51. The number of aromatic nitrogens is 2. The summed E-state index contributed by atoms with van der Waals surface area (Å²) >= 11 is 4.88. The van der Waals surface area contributed by atoms with Crippen molar-refractivity contribution in [3.05, 3.63) is 34.7 Å². The molecule has 0 radical (unpaired) electrons. The number of nitrogens with zero attached hydrogens (tertiary/aromatic N) is 1. The number of hydrogen-bond donors (Lipinski definition) is 2. The molecule has 2 saturated carbocycles. The highest BCUT2D eigenvalue weighted by Crippen LogP contribution is 2.62. The second-order valence-corrected chi connectivity index (χ2v) is 7.65. The zero-order valence-corrected chi connectivity index (χ0v) is 14.5. The van der Waals surface area contributed by atoms with Crippen LogP contribution in [-0.2, 0) is 4.74 Å². The van der Waals surface area contributed by atoms with E-state index in [0.717, 1.165) is 18.6 Å². The lowest BCUT2D eigenvalue weighted by Crippen LogP contribution is -2.71. The minimum Gasteiger partial charge on any atom is -0.409 e. The van der Waals surface area contributed by atoms with Crippen LogP contribution < -0.4 is 5.32 Å². The Hall–Kier alpha value is -1.99. The zero-order valence-electron chi connectivity index (χ0n) is 13.7. The molecular weight excluding hydrogens is 338 g/mol. The molecule has 25 heavy (non-hydrogen) atoms. The van der Waals surface area contributed by atoms with Gasteiger partial charge in [-0.25, -0.2) is 5.10 Å². The van der Waals surface area contributed by atoms with Crippen molar-refractivity contribution in [2.45, 2.75) is 37.8 Å². The molecule has 3 aliphatic rings. The molecule has 1 aliphatic heterocycles. The van der Waals surface area contributed by atoms with E-state index in [4.69, 9.17) is 21.4 Å². The largest absolute Gasteiger partial charge is 0.409 e. The normalized spacial score (nSPS) is 28.9. The van der Waals surface area contributed by atoms with Crippen LogP contribution in [0, 0.1) is 16.2 Å². The van der Waals surface area contributed by atoms with E-state index in [1.54, 1.807) is 12.1 Å². The third-order valence-corrected chi connectivity index (χ3v) is 6.33. The first-order valence-electron chi connectivity index (χ1n) is 8.76. The number of carbonyl (C=O) groups is 1. The van der Waals surface area contributed by atoms with E-state index in [0.29, 0.717) is 23.5 Å². The smallest absolute Gasteiger partial charge is 0.284 e. The van der Waals surface area contributed by atoms with Gasteiger partial charge in [0.25, 0.3) is 10.7 Å². The van der Waals surface area contributed by atoms with Crippen LogP contribution in [0.25, 0.3) is 11.5 Å². The fraction of sp³-hybridized carbons (Fsp3) is 0.500. The summed E-state index contributed by atoms with van der Waals surface area (Å²) in [5, 5.41) is 9.87. The maximum atomic E-state index is 12.7. The van der Waals surface area contributed by atoms with Gasteiger partial charge in [0, 0.05) is 35.1 Å². The van der Waals surface area contributed by atoms with Crippen LogP contribution in [0.3, 0.4) is 0 Å². The molecule has 2 N–H and O–H groups in total. The lowest BCUT2D eigenvalue weighted by molar-refractivity contribution is -0.172. The number of aromatic amines is 1. The fourth-order valence-corrected chi connectivity index (χ4v) is 4.92. The molecule has 3 atom stereocenters. The zero-order chi connectivity index (χ0) is 17.0. The Labute approximate surface area is 150 Å². The number of hydrogen-bond acceptors (Lipinski definition) is 5. The maximum absolute atomic E-state index is 12.7. The summed E-state index contributed by atoms with van der Waals surface area (Å²) in [6, 6.07) is 7.50. The van der Waals surface area contributed by atoms with Gasteiger partial charge in [0.1, 0.15) is 0 Å².